The van der Waals surface area contributed by atoms with Crippen LogP contribution in [-0.4, -0.2) is 40.6 Å². The number of phenolic OH excluding ortho intramolecular Hbond substituents is 1. The zero-order valence-corrected chi connectivity index (χ0v) is 13.3. The van der Waals surface area contributed by atoms with Crippen molar-refractivity contribution in [3.05, 3.63) is 23.8 Å². The summed E-state index contributed by atoms with van der Waals surface area (Å²) in [5, 5.41) is 26.1. The molecule has 22 heavy (non-hydrogen) atoms. The number of amides is 1. The molecule has 0 spiro atoms. The number of hydrogen-bond donors (Lipinski definition) is 4. The number of β-amino-alcohol motifs (C(OH)–C–C–N with tert-alkyl or cyclic N) is 1. The second kappa shape index (κ2) is 6.14. The van der Waals surface area contributed by atoms with E-state index in [-0.39, 0.29) is 5.75 Å². The minimum absolute atomic E-state index is 0.107. The molecule has 1 unspecified atom stereocenters. The van der Waals surface area contributed by atoms with Crippen molar-refractivity contribution in [2.75, 3.05) is 18.4 Å². The lowest BCUT2D eigenvalue weighted by atomic mass is 9.93. The SMILES string of the molecule is CC(C)(C)OC(=O)Nc1ccc(O)c(CC2(O)CCNC2)c1. The fourth-order valence-electron chi connectivity index (χ4n) is 2.46. The third-order valence-electron chi connectivity index (χ3n) is 3.47. The molecule has 1 aliphatic rings. The summed E-state index contributed by atoms with van der Waals surface area (Å²) >= 11 is 0. The van der Waals surface area contributed by atoms with Gasteiger partial charge in [0.1, 0.15) is 11.4 Å². The first-order valence-corrected chi connectivity index (χ1v) is 7.42. The molecule has 1 fully saturated rings. The standard InChI is InChI=1S/C16H24N2O4/c1-15(2,3)22-14(20)18-12-4-5-13(19)11(8-12)9-16(21)6-7-17-10-16/h4-5,8,17,19,21H,6-7,9-10H2,1-3H3,(H,18,20). The van der Waals surface area contributed by atoms with E-state index in [2.05, 4.69) is 10.6 Å². The molecule has 6 heteroatoms. The molecule has 6 nitrogen and oxygen atoms in total. The summed E-state index contributed by atoms with van der Waals surface area (Å²) in [5.74, 6) is 0.107. The molecule has 0 radical (unpaired) electrons. The summed E-state index contributed by atoms with van der Waals surface area (Å²) in [6.45, 7) is 6.62. The van der Waals surface area contributed by atoms with Gasteiger partial charge in [-0.25, -0.2) is 4.79 Å². The highest BCUT2D eigenvalue weighted by molar-refractivity contribution is 5.85. The Morgan fingerprint density at radius 3 is 2.77 bits per heavy atom. The van der Waals surface area contributed by atoms with E-state index in [1.807, 2.05) is 0 Å². The number of hydrogen-bond acceptors (Lipinski definition) is 5. The highest BCUT2D eigenvalue weighted by atomic mass is 16.6. The third-order valence-corrected chi connectivity index (χ3v) is 3.47. The van der Waals surface area contributed by atoms with E-state index < -0.39 is 17.3 Å². The first-order valence-electron chi connectivity index (χ1n) is 7.42. The number of rotatable bonds is 3. The largest absolute Gasteiger partial charge is 0.508 e. The van der Waals surface area contributed by atoms with Gasteiger partial charge in [-0.15, -0.1) is 0 Å². The lowest BCUT2D eigenvalue weighted by Gasteiger charge is -2.22. The molecule has 1 saturated heterocycles. The quantitative estimate of drug-likeness (QED) is 0.641. The van der Waals surface area contributed by atoms with Gasteiger partial charge in [0, 0.05) is 18.7 Å². The number of phenols is 1. The Kier molecular flexibility index (Phi) is 4.63. The second-order valence-corrected chi connectivity index (χ2v) is 6.80. The fraction of sp³-hybridized carbons (Fsp3) is 0.562. The van der Waals surface area contributed by atoms with Gasteiger partial charge in [-0.3, -0.25) is 5.32 Å². The number of aromatic hydroxyl groups is 1. The zero-order valence-electron chi connectivity index (χ0n) is 13.3. The molecule has 0 aliphatic carbocycles. The van der Waals surface area contributed by atoms with Crippen molar-refractivity contribution < 1.29 is 19.7 Å². The smallest absolute Gasteiger partial charge is 0.412 e. The molecule has 1 heterocycles. The van der Waals surface area contributed by atoms with Crippen molar-refractivity contribution in [2.45, 2.75) is 44.8 Å². The van der Waals surface area contributed by atoms with Gasteiger partial charge in [0.05, 0.1) is 5.60 Å². The molecule has 0 aromatic heterocycles. The van der Waals surface area contributed by atoms with Crippen molar-refractivity contribution in [3.63, 3.8) is 0 Å². The molecule has 0 saturated carbocycles. The van der Waals surface area contributed by atoms with Gasteiger partial charge in [-0.05, 0) is 57.5 Å². The number of anilines is 1. The molecular weight excluding hydrogens is 284 g/mol. The van der Waals surface area contributed by atoms with Gasteiger partial charge in [0.2, 0.25) is 0 Å². The zero-order chi connectivity index (χ0) is 16.4. The van der Waals surface area contributed by atoms with Crippen LogP contribution < -0.4 is 10.6 Å². The first kappa shape index (κ1) is 16.6. The van der Waals surface area contributed by atoms with E-state index in [1.165, 1.54) is 6.07 Å². The Balaban J connectivity index is 2.08. The summed E-state index contributed by atoms with van der Waals surface area (Å²) < 4.78 is 5.19. The van der Waals surface area contributed by atoms with Crippen LogP contribution in [0.4, 0.5) is 10.5 Å². The van der Waals surface area contributed by atoms with Gasteiger partial charge >= 0.3 is 6.09 Å². The Morgan fingerprint density at radius 1 is 1.45 bits per heavy atom. The average molecular weight is 308 g/mol. The molecule has 0 bridgehead atoms. The predicted molar refractivity (Wildman–Crippen MR) is 84.1 cm³/mol. The Hall–Kier alpha value is -1.79. The number of nitrogens with one attached hydrogen (secondary N) is 2. The van der Waals surface area contributed by atoms with Crippen LogP contribution in [0.5, 0.6) is 5.75 Å². The molecule has 122 valence electrons. The van der Waals surface area contributed by atoms with Gasteiger partial charge in [0.25, 0.3) is 0 Å². The number of aliphatic hydroxyl groups is 1. The summed E-state index contributed by atoms with van der Waals surface area (Å²) in [6, 6.07) is 4.77. The minimum Gasteiger partial charge on any atom is -0.508 e. The normalized spacial score (nSPS) is 21.6. The van der Waals surface area contributed by atoms with Gasteiger partial charge < -0.3 is 20.3 Å². The molecule has 1 aromatic rings. The molecule has 1 aromatic carbocycles. The summed E-state index contributed by atoms with van der Waals surface area (Å²) in [7, 11) is 0. The van der Waals surface area contributed by atoms with E-state index >= 15 is 0 Å². The van der Waals surface area contributed by atoms with E-state index in [1.54, 1.807) is 32.9 Å². The van der Waals surface area contributed by atoms with Crippen molar-refractivity contribution >= 4 is 11.8 Å². The van der Waals surface area contributed by atoms with Crippen molar-refractivity contribution in [2.24, 2.45) is 0 Å². The van der Waals surface area contributed by atoms with Crippen LogP contribution in [0.2, 0.25) is 0 Å². The second-order valence-electron chi connectivity index (χ2n) is 6.80. The predicted octanol–water partition coefficient (Wildman–Crippen LogP) is 2.01. The van der Waals surface area contributed by atoms with Crippen LogP contribution in [-0.2, 0) is 11.2 Å². The highest BCUT2D eigenvalue weighted by Gasteiger charge is 2.32. The molecule has 4 N–H and O–H groups in total. The van der Waals surface area contributed by atoms with Crippen LogP contribution >= 0.6 is 0 Å². The van der Waals surface area contributed by atoms with Crippen LogP contribution in [0.3, 0.4) is 0 Å². The maximum atomic E-state index is 11.8. The van der Waals surface area contributed by atoms with Gasteiger partial charge in [-0.2, -0.15) is 0 Å². The van der Waals surface area contributed by atoms with Gasteiger partial charge in [0.15, 0.2) is 0 Å². The van der Waals surface area contributed by atoms with Crippen LogP contribution in [0.1, 0.15) is 32.8 Å². The lowest BCUT2D eigenvalue weighted by Crippen LogP contribution is -2.33. The highest BCUT2D eigenvalue weighted by Crippen LogP contribution is 2.28. The molecule has 2 rings (SSSR count). The van der Waals surface area contributed by atoms with E-state index in [0.29, 0.717) is 30.6 Å². The number of carbonyl (C=O) groups is 1. The molecule has 1 atom stereocenters. The Labute approximate surface area is 130 Å². The molecular formula is C16H24N2O4. The van der Waals surface area contributed by atoms with Crippen molar-refractivity contribution in [3.8, 4) is 5.75 Å². The minimum atomic E-state index is -0.859. The number of benzene rings is 1. The van der Waals surface area contributed by atoms with E-state index in [9.17, 15) is 15.0 Å². The van der Waals surface area contributed by atoms with Crippen LogP contribution in [0, 0.1) is 0 Å². The molecule has 1 amide bonds. The summed E-state index contributed by atoms with van der Waals surface area (Å²) in [6.07, 6.45) is 0.414. The average Bonchev–Trinajstić information content (AvgIpc) is 2.78. The monoisotopic (exact) mass is 308 g/mol. The maximum absolute atomic E-state index is 11.8. The van der Waals surface area contributed by atoms with Crippen molar-refractivity contribution in [1.29, 1.82) is 0 Å². The van der Waals surface area contributed by atoms with Crippen LogP contribution in [0.15, 0.2) is 18.2 Å². The van der Waals surface area contributed by atoms with Gasteiger partial charge in [-0.1, -0.05) is 0 Å². The maximum Gasteiger partial charge on any atom is 0.412 e. The van der Waals surface area contributed by atoms with Crippen LogP contribution in [0.25, 0.3) is 0 Å². The fourth-order valence-corrected chi connectivity index (χ4v) is 2.46. The van der Waals surface area contributed by atoms with E-state index in [0.717, 1.165) is 6.54 Å². The topological polar surface area (TPSA) is 90.8 Å². The van der Waals surface area contributed by atoms with E-state index in [4.69, 9.17) is 4.74 Å². The summed E-state index contributed by atoms with van der Waals surface area (Å²) in [4.78, 5) is 11.8. The third kappa shape index (κ3) is 4.61. The number of carbonyl (C=O) groups excluding carboxylic acids is 1. The first-order chi connectivity index (χ1) is 10.2. The lowest BCUT2D eigenvalue weighted by molar-refractivity contribution is 0.0612. The van der Waals surface area contributed by atoms with Crippen molar-refractivity contribution in [1.82, 2.24) is 5.32 Å². The number of ether oxygens (including phenoxy) is 1. The molecule has 1 aliphatic heterocycles. The Bertz CT molecular complexity index is 546. The summed E-state index contributed by atoms with van der Waals surface area (Å²) in [5.41, 5.74) is -0.312. The Morgan fingerprint density at radius 2 is 2.18 bits per heavy atom.